The van der Waals surface area contributed by atoms with Crippen LogP contribution in [-0.4, -0.2) is 47.5 Å². The average Bonchev–Trinajstić information content (AvgIpc) is 2.66. The SMILES string of the molecule is O=C(c1ccccc1)C(C(=O)N1CCOCC1)n1cc(Br)ccc1=O. The van der Waals surface area contributed by atoms with Crippen molar-refractivity contribution < 1.29 is 14.3 Å². The molecule has 25 heavy (non-hydrogen) atoms. The Kier molecular flexibility index (Phi) is 5.45. The molecule has 1 aromatic carbocycles. The second kappa shape index (κ2) is 7.76. The van der Waals surface area contributed by atoms with E-state index in [1.807, 2.05) is 0 Å². The van der Waals surface area contributed by atoms with Gasteiger partial charge in [0.15, 0.2) is 11.8 Å². The third-order valence-corrected chi connectivity index (χ3v) is 4.51. The Morgan fingerprint density at radius 3 is 2.40 bits per heavy atom. The van der Waals surface area contributed by atoms with Crippen LogP contribution in [0.5, 0.6) is 0 Å². The molecule has 1 aromatic heterocycles. The summed E-state index contributed by atoms with van der Waals surface area (Å²) < 4.78 is 7.08. The second-order valence-corrected chi connectivity index (χ2v) is 6.58. The lowest BCUT2D eigenvalue weighted by molar-refractivity contribution is -0.137. The van der Waals surface area contributed by atoms with Gasteiger partial charge in [0.25, 0.3) is 11.5 Å². The quantitative estimate of drug-likeness (QED) is 0.576. The minimum atomic E-state index is -1.23. The second-order valence-electron chi connectivity index (χ2n) is 5.66. The Morgan fingerprint density at radius 2 is 1.72 bits per heavy atom. The van der Waals surface area contributed by atoms with Crippen LogP contribution in [-0.2, 0) is 9.53 Å². The van der Waals surface area contributed by atoms with Gasteiger partial charge in [-0.15, -0.1) is 0 Å². The Bertz CT molecular complexity index is 828. The van der Waals surface area contributed by atoms with Gasteiger partial charge in [0.05, 0.1) is 13.2 Å². The average molecular weight is 405 g/mol. The highest BCUT2D eigenvalue weighted by atomic mass is 79.9. The van der Waals surface area contributed by atoms with E-state index in [2.05, 4.69) is 15.9 Å². The number of rotatable bonds is 4. The zero-order chi connectivity index (χ0) is 17.8. The molecule has 6 nitrogen and oxygen atoms in total. The fraction of sp³-hybridized carbons (Fsp3) is 0.278. The van der Waals surface area contributed by atoms with Crippen LogP contribution in [0.1, 0.15) is 16.4 Å². The molecule has 1 aliphatic heterocycles. The molecule has 1 atom stereocenters. The summed E-state index contributed by atoms with van der Waals surface area (Å²) >= 11 is 3.30. The summed E-state index contributed by atoms with van der Waals surface area (Å²) in [6.45, 7) is 1.65. The maximum Gasteiger partial charge on any atom is 0.254 e. The highest BCUT2D eigenvalue weighted by molar-refractivity contribution is 9.10. The van der Waals surface area contributed by atoms with Crippen molar-refractivity contribution in [2.24, 2.45) is 0 Å². The van der Waals surface area contributed by atoms with Crippen LogP contribution >= 0.6 is 15.9 Å². The fourth-order valence-electron chi connectivity index (χ4n) is 2.75. The number of hydrogen-bond acceptors (Lipinski definition) is 4. The standard InChI is InChI=1S/C18H17BrN2O4/c19-14-6-7-15(22)21(12-14)16(17(23)13-4-2-1-3-5-13)18(24)20-8-10-25-11-9-20/h1-7,12,16H,8-11H2. The molecule has 2 aromatic rings. The lowest BCUT2D eigenvalue weighted by atomic mass is 10.0. The van der Waals surface area contributed by atoms with Crippen LogP contribution in [0.2, 0.25) is 0 Å². The molecule has 7 heteroatoms. The van der Waals surface area contributed by atoms with Crippen molar-refractivity contribution in [2.45, 2.75) is 6.04 Å². The fourth-order valence-corrected chi connectivity index (χ4v) is 3.11. The van der Waals surface area contributed by atoms with Gasteiger partial charge in [-0.3, -0.25) is 19.0 Å². The summed E-state index contributed by atoms with van der Waals surface area (Å²) in [5, 5.41) is 0. The van der Waals surface area contributed by atoms with Gasteiger partial charge in [0.1, 0.15) is 0 Å². The zero-order valence-electron chi connectivity index (χ0n) is 13.4. The number of nitrogens with zero attached hydrogens (tertiary/aromatic N) is 2. The van der Waals surface area contributed by atoms with E-state index >= 15 is 0 Å². The summed E-state index contributed by atoms with van der Waals surface area (Å²) in [7, 11) is 0. The van der Waals surface area contributed by atoms with Crippen LogP contribution in [0.3, 0.4) is 0 Å². The Morgan fingerprint density at radius 1 is 1.04 bits per heavy atom. The predicted octanol–water partition coefficient (Wildman–Crippen LogP) is 1.89. The van der Waals surface area contributed by atoms with Gasteiger partial charge in [-0.05, 0) is 22.0 Å². The highest BCUT2D eigenvalue weighted by Crippen LogP contribution is 2.19. The minimum Gasteiger partial charge on any atom is -0.378 e. The number of benzene rings is 1. The van der Waals surface area contributed by atoms with Crippen LogP contribution in [0.4, 0.5) is 0 Å². The van der Waals surface area contributed by atoms with Crippen LogP contribution < -0.4 is 5.56 Å². The number of morpholine rings is 1. The molecule has 0 aliphatic carbocycles. The van der Waals surface area contributed by atoms with E-state index in [-0.39, 0.29) is 0 Å². The third kappa shape index (κ3) is 3.88. The van der Waals surface area contributed by atoms with E-state index in [0.717, 1.165) is 0 Å². The van der Waals surface area contributed by atoms with E-state index in [1.165, 1.54) is 16.8 Å². The number of aromatic nitrogens is 1. The van der Waals surface area contributed by atoms with Gasteiger partial charge in [0.2, 0.25) is 0 Å². The molecule has 1 fully saturated rings. The topological polar surface area (TPSA) is 68.6 Å². The van der Waals surface area contributed by atoms with E-state index in [4.69, 9.17) is 4.74 Å². The first-order valence-electron chi connectivity index (χ1n) is 7.91. The van der Waals surface area contributed by atoms with Crippen molar-refractivity contribution in [3.05, 3.63) is 69.1 Å². The summed E-state index contributed by atoms with van der Waals surface area (Å²) in [5.41, 5.74) is -0.0138. The lowest BCUT2D eigenvalue weighted by Gasteiger charge is -2.30. The molecule has 1 unspecified atom stereocenters. The van der Waals surface area contributed by atoms with E-state index < -0.39 is 23.3 Å². The molecule has 0 N–H and O–H groups in total. The molecule has 1 amide bonds. The van der Waals surface area contributed by atoms with Crippen molar-refractivity contribution >= 4 is 27.6 Å². The molecule has 2 heterocycles. The Balaban J connectivity index is 2.04. The largest absolute Gasteiger partial charge is 0.378 e. The van der Waals surface area contributed by atoms with Crippen molar-refractivity contribution in [1.29, 1.82) is 0 Å². The number of pyridine rings is 1. The molecule has 1 saturated heterocycles. The minimum absolute atomic E-state index is 0.390. The monoisotopic (exact) mass is 404 g/mol. The maximum atomic E-state index is 13.1. The first-order valence-corrected chi connectivity index (χ1v) is 8.71. The number of hydrogen-bond donors (Lipinski definition) is 0. The number of ether oxygens (including phenoxy) is 1. The summed E-state index contributed by atoms with van der Waals surface area (Å²) in [6, 6.07) is 10.2. The maximum absolute atomic E-state index is 13.1. The van der Waals surface area contributed by atoms with Crippen molar-refractivity contribution in [3.8, 4) is 0 Å². The van der Waals surface area contributed by atoms with Crippen molar-refractivity contribution in [3.63, 3.8) is 0 Å². The smallest absolute Gasteiger partial charge is 0.254 e. The molecular formula is C18H17BrN2O4. The normalized spacial score (nSPS) is 15.6. The van der Waals surface area contributed by atoms with Gasteiger partial charge in [-0.2, -0.15) is 0 Å². The number of Topliss-reactive ketones (excluding diaryl/α,β-unsaturated/α-hetero) is 1. The Labute approximate surface area is 153 Å². The van der Waals surface area contributed by atoms with E-state index in [1.54, 1.807) is 41.3 Å². The number of halogens is 1. The molecule has 130 valence electrons. The summed E-state index contributed by atoms with van der Waals surface area (Å²) in [5.74, 6) is -0.797. The molecule has 0 radical (unpaired) electrons. The van der Waals surface area contributed by atoms with Crippen molar-refractivity contribution in [2.75, 3.05) is 26.3 Å². The molecule has 0 spiro atoms. The van der Waals surface area contributed by atoms with Crippen LogP contribution in [0, 0.1) is 0 Å². The van der Waals surface area contributed by atoms with Crippen molar-refractivity contribution in [1.82, 2.24) is 9.47 Å². The first-order chi connectivity index (χ1) is 12.1. The predicted molar refractivity (Wildman–Crippen MR) is 95.6 cm³/mol. The molecule has 0 bridgehead atoms. The van der Waals surface area contributed by atoms with Gasteiger partial charge in [-0.1, -0.05) is 30.3 Å². The summed E-state index contributed by atoms with van der Waals surface area (Å²) in [6.07, 6.45) is 1.48. The zero-order valence-corrected chi connectivity index (χ0v) is 15.0. The number of carbonyl (C=O) groups excluding carboxylic acids is 2. The highest BCUT2D eigenvalue weighted by Gasteiger charge is 2.34. The van der Waals surface area contributed by atoms with Crippen LogP contribution in [0.25, 0.3) is 0 Å². The van der Waals surface area contributed by atoms with Gasteiger partial charge in [0, 0.05) is 35.4 Å². The number of carbonyl (C=O) groups is 2. The van der Waals surface area contributed by atoms with Crippen LogP contribution in [0.15, 0.2) is 57.9 Å². The molecule has 3 rings (SSSR count). The third-order valence-electron chi connectivity index (χ3n) is 4.04. The van der Waals surface area contributed by atoms with E-state index in [9.17, 15) is 14.4 Å². The molecule has 0 saturated carbocycles. The van der Waals surface area contributed by atoms with E-state index in [0.29, 0.717) is 36.3 Å². The molecule has 1 aliphatic rings. The first kappa shape index (κ1) is 17.6. The van der Waals surface area contributed by atoms with Gasteiger partial charge >= 0.3 is 0 Å². The van der Waals surface area contributed by atoms with Gasteiger partial charge < -0.3 is 9.64 Å². The number of ketones is 1. The molecular weight excluding hydrogens is 388 g/mol. The summed E-state index contributed by atoms with van der Waals surface area (Å²) in [4.78, 5) is 40.0. The number of amides is 1. The lowest BCUT2D eigenvalue weighted by Crippen LogP contribution is -2.48. The van der Waals surface area contributed by atoms with Gasteiger partial charge in [-0.25, -0.2) is 0 Å². The Hall–Kier alpha value is -2.25.